The Morgan fingerprint density at radius 1 is 1.40 bits per heavy atom. The molecule has 1 rings (SSSR count). The number of benzene rings is 1. The Hall–Kier alpha value is -0.674. The van der Waals surface area contributed by atoms with Gasteiger partial charge in [-0.1, -0.05) is 6.07 Å². The van der Waals surface area contributed by atoms with Crippen molar-refractivity contribution < 1.29 is 30.8 Å². The molecule has 0 bridgehead atoms. The molecule has 0 unspecified atom stereocenters. The van der Waals surface area contributed by atoms with E-state index in [0.29, 0.717) is 0 Å². The third-order valence-corrected chi connectivity index (χ3v) is 2.30. The molecule has 0 radical (unpaired) electrons. The molecule has 0 aliphatic rings. The van der Waals surface area contributed by atoms with E-state index in [-0.39, 0.29) is 31.5 Å². The Morgan fingerprint density at radius 2 is 2.00 bits per heavy atom. The molecule has 0 fully saturated rings. The Kier molecular flexibility index (Phi) is 5.18. The molecule has 8 heteroatoms. The van der Waals surface area contributed by atoms with Crippen LogP contribution in [0.4, 0.5) is 0 Å². The van der Waals surface area contributed by atoms with E-state index in [0.717, 1.165) is 12.1 Å². The van der Waals surface area contributed by atoms with Gasteiger partial charge in [-0.15, -0.1) is 0 Å². The molecule has 0 aliphatic carbocycles. The van der Waals surface area contributed by atoms with Crippen LogP contribution in [0, 0.1) is 0 Å². The van der Waals surface area contributed by atoms with Crippen LogP contribution in [0.25, 0.3) is 0 Å². The zero-order valence-corrected chi connectivity index (χ0v) is 9.68. The van der Waals surface area contributed by atoms with Gasteiger partial charge < -0.3 is 2.85 Å². The summed E-state index contributed by atoms with van der Waals surface area (Å²) in [4.78, 5) is 13.7. The predicted molar refractivity (Wildman–Crippen MR) is 52.3 cm³/mol. The van der Waals surface area contributed by atoms with E-state index in [2.05, 4.69) is 4.89 Å². The summed E-state index contributed by atoms with van der Waals surface area (Å²) in [5.74, 6) is -1.10. The summed E-state index contributed by atoms with van der Waals surface area (Å²) in [6, 6.07) is 4.44. The minimum Gasteiger partial charge on any atom is -1.00 e. The van der Waals surface area contributed by atoms with Crippen molar-refractivity contribution in [1.29, 1.82) is 0 Å². The fourth-order valence-corrected chi connectivity index (χ4v) is 1.36. The number of rotatable bonds is 2. The molecule has 0 saturated heterocycles. The van der Waals surface area contributed by atoms with Gasteiger partial charge in [0.25, 0.3) is 10.1 Å². The topological polar surface area (TPSA) is 101 Å². The monoisotopic (exact) mass is 244 g/mol. The Labute approximate surface area is 105 Å². The first kappa shape index (κ1) is 14.3. The average Bonchev–Trinajstić information content (AvgIpc) is 2.15. The largest absolute Gasteiger partial charge is 2.00 e. The number of carbonyl (C=O) groups is 1. The molecule has 80 valence electrons. The number of carbonyl (C=O) groups excluding carboxylic acids is 1. The Bertz CT molecular complexity index is 463. The second-order valence-corrected chi connectivity index (χ2v) is 3.80. The maximum Gasteiger partial charge on any atom is 2.00 e. The first-order chi connectivity index (χ1) is 6.45. The first-order valence-electron chi connectivity index (χ1n) is 3.38. The van der Waals surface area contributed by atoms with Crippen molar-refractivity contribution in [2.24, 2.45) is 0 Å². The van der Waals surface area contributed by atoms with E-state index < -0.39 is 21.0 Å². The van der Waals surface area contributed by atoms with E-state index in [1.54, 1.807) is 0 Å². The predicted octanol–water partition coefficient (Wildman–Crippen LogP) is 0.407. The van der Waals surface area contributed by atoms with Gasteiger partial charge in [-0.05, 0) is 18.2 Å². The van der Waals surface area contributed by atoms with Gasteiger partial charge in [0.2, 0.25) is 0 Å². The van der Waals surface area contributed by atoms with Gasteiger partial charge in [-0.2, -0.15) is 13.7 Å². The molecule has 0 atom stereocenters. The summed E-state index contributed by atoms with van der Waals surface area (Å²) in [5, 5.41) is 8.02. The molecule has 6 nitrogen and oxygen atoms in total. The van der Waals surface area contributed by atoms with Crippen LogP contribution in [0.3, 0.4) is 0 Å². The first-order valence-corrected chi connectivity index (χ1v) is 4.82. The second-order valence-electron chi connectivity index (χ2n) is 2.38. The SMILES string of the molecule is O=C(OO)c1cccc(S(=O)(=O)O)c1.[H-].[H-].[Mg+2]. The van der Waals surface area contributed by atoms with Gasteiger partial charge in [0.15, 0.2) is 0 Å². The maximum atomic E-state index is 10.7. The summed E-state index contributed by atoms with van der Waals surface area (Å²) in [7, 11) is -4.36. The normalized spacial score (nSPS) is 10.3. The van der Waals surface area contributed by atoms with E-state index in [9.17, 15) is 13.2 Å². The molecule has 0 aromatic heterocycles. The van der Waals surface area contributed by atoms with E-state index in [1.165, 1.54) is 12.1 Å². The van der Waals surface area contributed by atoms with E-state index in [1.807, 2.05) is 0 Å². The third-order valence-electron chi connectivity index (χ3n) is 1.45. The summed E-state index contributed by atoms with van der Waals surface area (Å²) in [6.45, 7) is 0. The van der Waals surface area contributed by atoms with Crippen LogP contribution in [-0.2, 0) is 15.0 Å². The summed E-state index contributed by atoms with van der Waals surface area (Å²) in [6.07, 6.45) is 0. The smallest absolute Gasteiger partial charge is 1.00 e. The van der Waals surface area contributed by atoms with Crippen molar-refractivity contribution in [2.45, 2.75) is 4.90 Å². The van der Waals surface area contributed by atoms with Crippen molar-refractivity contribution in [3.63, 3.8) is 0 Å². The van der Waals surface area contributed by atoms with Crippen molar-refractivity contribution in [2.75, 3.05) is 0 Å². The maximum absolute atomic E-state index is 10.7. The minimum atomic E-state index is -4.36. The van der Waals surface area contributed by atoms with Gasteiger partial charge in [-0.3, -0.25) is 9.44 Å². The summed E-state index contributed by atoms with van der Waals surface area (Å²) < 4.78 is 29.9. The molecular formula is C7H8MgO6S. The van der Waals surface area contributed by atoms with Gasteiger partial charge in [0, 0.05) is 0 Å². The van der Waals surface area contributed by atoms with Crippen LogP contribution in [0.15, 0.2) is 29.2 Å². The molecule has 0 spiro atoms. The molecule has 0 aliphatic heterocycles. The molecule has 1 aromatic rings. The molecule has 15 heavy (non-hydrogen) atoms. The van der Waals surface area contributed by atoms with Gasteiger partial charge in [0.05, 0.1) is 10.5 Å². The number of hydrogen-bond acceptors (Lipinski definition) is 5. The minimum absolute atomic E-state index is 0. The third kappa shape index (κ3) is 3.76. The van der Waals surface area contributed by atoms with Crippen LogP contribution in [0.1, 0.15) is 13.2 Å². The van der Waals surface area contributed by atoms with Gasteiger partial charge >= 0.3 is 29.0 Å². The summed E-state index contributed by atoms with van der Waals surface area (Å²) >= 11 is 0. The van der Waals surface area contributed by atoms with Crippen molar-refractivity contribution in [3.05, 3.63) is 29.8 Å². The molecular weight excluding hydrogens is 236 g/mol. The van der Waals surface area contributed by atoms with Crippen molar-refractivity contribution in [3.8, 4) is 0 Å². The standard InChI is InChI=1S/C7H6O6S.Mg.2H/c8-7(13-9)5-2-1-3-6(4-5)14(10,11)12;;;/h1-4,9H,(H,10,11,12);;;/q;+2;2*-1. The van der Waals surface area contributed by atoms with Crippen LogP contribution < -0.4 is 0 Å². The summed E-state index contributed by atoms with van der Waals surface area (Å²) in [5.41, 5.74) is -0.178. The fourth-order valence-electron chi connectivity index (χ4n) is 0.836. The zero-order valence-electron chi connectivity index (χ0n) is 9.45. The average molecular weight is 245 g/mol. The van der Waals surface area contributed by atoms with Crippen LogP contribution in [0.5, 0.6) is 0 Å². The Balaban J connectivity index is -0.000000653. The molecule has 0 saturated carbocycles. The van der Waals surface area contributed by atoms with Crippen LogP contribution in [-0.4, -0.2) is 47.2 Å². The van der Waals surface area contributed by atoms with Crippen molar-refractivity contribution >= 4 is 39.1 Å². The fraction of sp³-hybridized carbons (Fsp3) is 0. The zero-order chi connectivity index (χ0) is 10.8. The molecule has 0 heterocycles. The van der Waals surface area contributed by atoms with E-state index in [4.69, 9.17) is 9.81 Å². The second kappa shape index (κ2) is 5.42. The molecule has 1 aromatic carbocycles. The van der Waals surface area contributed by atoms with Crippen molar-refractivity contribution in [1.82, 2.24) is 0 Å². The number of hydrogen-bond donors (Lipinski definition) is 2. The van der Waals surface area contributed by atoms with Gasteiger partial charge in [-0.25, -0.2) is 4.79 Å². The quantitative estimate of drug-likeness (QED) is 0.338. The molecule has 2 N–H and O–H groups in total. The van der Waals surface area contributed by atoms with Crippen LogP contribution >= 0.6 is 0 Å². The molecule has 0 amide bonds. The van der Waals surface area contributed by atoms with Gasteiger partial charge in [0.1, 0.15) is 0 Å². The van der Waals surface area contributed by atoms with E-state index >= 15 is 0 Å². The van der Waals surface area contributed by atoms with Crippen LogP contribution in [0.2, 0.25) is 0 Å². The Morgan fingerprint density at radius 3 is 2.47 bits per heavy atom.